The second kappa shape index (κ2) is 7.17. The molecule has 2 heterocycles. The van der Waals surface area contributed by atoms with Gasteiger partial charge in [0.25, 0.3) is 5.91 Å². The van der Waals surface area contributed by atoms with E-state index in [-0.39, 0.29) is 5.91 Å². The zero-order chi connectivity index (χ0) is 16.2. The van der Waals surface area contributed by atoms with Crippen LogP contribution in [0.5, 0.6) is 0 Å². The quantitative estimate of drug-likeness (QED) is 0.730. The van der Waals surface area contributed by atoms with Crippen LogP contribution in [0.3, 0.4) is 0 Å². The fraction of sp³-hybridized carbons (Fsp3) is 0.125. The molecule has 0 fully saturated rings. The van der Waals surface area contributed by atoms with E-state index >= 15 is 0 Å². The minimum atomic E-state index is -0.247. The van der Waals surface area contributed by atoms with Crippen LogP contribution < -0.4 is 5.32 Å². The maximum absolute atomic E-state index is 12.1. The van der Waals surface area contributed by atoms with Crippen molar-refractivity contribution < 1.29 is 4.79 Å². The number of aromatic nitrogens is 2. The van der Waals surface area contributed by atoms with E-state index in [1.165, 1.54) is 0 Å². The Labute approximate surface area is 147 Å². The molecule has 0 unspecified atom stereocenters. The standard InChI is InChI=1S/C16H13Cl2N3OS/c17-11-3-4-13(18)12(10-11)16(22)19-6-8-21-7-5-14(20-21)15-2-1-9-23-15/h1-5,7,9-10H,6,8H2,(H,19,22). The maximum atomic E-state index is 12.1. The van der Waals surface area contributed by atoms with E-state index in [4.69, 9.17) is 23.2 Å². The number of amides is 1. The van der Waals surface area contributed by atoms with Crippen molar-refractivity contribution in [3.05, 3.63) is 63.6 Å². The van der Waals surface area contributed by atoms with Gasteiger partial charge in [0, 0.05) is 17.8 Å². The largest absolute Gasteiger partial charge is 0.350 e. The molecule has 0 saturated carbocycles. The van der Waals surface area contributed by atoms with Crippen LogP contribution >= 0.6 is 34.5 Å². The minimum absolute atomic E-state index is 0.247. The van der Waals surface area contributed by atoms with E-state index in [0.717, 1.165) is 10.6 Å². The number of nitrogens with one attached hydrogen (secondary N) is 1. The lowest BCUT2D eigenvalue weighted by Crippen LogP contribution is -2.27. The summed E-state index contributed by atoms with van der Waals surface area (Å²) in [4.78, 5) is 13.2. The van der Waals surface area contributed by atoms with E-state index in [0.29, 0.717) is 28.7 Å². The Balaban J connectivity index is 1.57. The molecule has 2 aromatic heterocycles. The van der Waals surface area contributed by atoms with Gasteiger partial charge < -0.3 is 5.32 Å². The maximum Gasteiger partial charge on any atom is 0.252 e. The minimum Gasteiger partial charge on any atom is -0.350 e. The van der Waals surface area contributed by atoms with Gasteiger partial charge in [-0.15, -0.1) is 11.3 Å². The Hall–Kier alpha value is -1.82. The third-order valence-corrected chi connectivity index (χ3v) is 4.67. The highest BCUT2D eigenvalue weighted by atomic mass is 35.5. The van der Waals surface area contributed by atoms with Crippen LogP contribution in [-0.4, -0.2) is 22.2 Å². The summed E-state index contributed by atoms with van der Waals surface area (Å²) in [6.07, 6.45) is 1.90. The van der Waals surface area contributed by atoms with Gasteiger partial charge in [-0.05, 0) is 35.7 Å². The molecule has 0 saturated heterocycles. The summed E-state index contributed by atoms with van der Waals surface area (Å²) >= 11 is 13.5. The molecule has 118 valence electrons. The lowest BCUT2D eigenvalue weighted by molar-refractivity contribution is 0.0952. The molecule has 0 aliphatic rings. The van der Waals surface area contributed by atoms with E-state index in [1.54, 1.807) is 34.2 Å². The number of nitrogens with zero attached hydrogens (tertiary/aromatic N) is 2. The zero-order valence-corrected chi connectivity index (χ0v) is 14.3. The molecule has 4 nitrogen and oxygen atoms in total. The van der Waals surface area contributed by atoms with Crippen molar-refractivity contribution in [2.45, 2.75) is 6.54 Å². The van der Waals surface area contributed by atoms with Gasteiger partial charge in [-0.25, -0.2) is 0 Å². The molecule has 0 bridgehead atoms. The first-order valence-corrected chi connectivity index (χ1v) is 8.57. The number of hydrogen-bond acceptors (Lipinski definition) is 3. The molecule has 0 radical (unpaired) electrons. The number of benzene rings is 1. The number of rotatable bonds is 5. The third kappa shape index (κ3) is 3.93. The Morgan fingerprint density at radius 1 is 1.26 bits per heavy atom. The average Bonchev–Trinajstić information content (AvgIpc) is 3.20. The van der Waals surface area contributed by atoms with Gasteiger partial charge in [-0.3, -0.25) is 9.48 Å². The molecule has 3 aromatic rings. The Bertz CT molecular complexity index is 815. The third-order valence-electron chi connectivity index (χ3n) is 3.21. The molecule has 3 rings (SSSR count). The first-order chi connectivity index (χ1) is 11.1. The number of thiophene rings is 1. The smallest absolute Gasteiger partial charge is 0.252 e. The summed E-state index contributed by atoms with van der Waals surface area (Å²) in [6.45, 7) is 1.03. The van der Waals surface area contributed by atoms with E-state index in [9.17, 15) is 4.79 Å². The van der Waals surface area contributed by atoms with Crippen LogP contribution in [0.1, 0.15) is 10.4 Å². The van der Waals surface area contributed by atoms with Crippen molar-refractivity contribution >= 4 is 40.4 Å². The van der Waals surface area contributed by atoms with Gasteiger partial charge in [0.05, 0.1) is 22.0 Å². The lowest BCUT2D eigenvalue weighted by Gasteiger charge is -2.07. The monoisotopic (exact) mass is 365 g/mol. The molecular weight excluding hydrogens is 353 g/mol. The van der Waals surface area contributed by atoms with Gasteiger partial charge in [-0.1, -0.05) is 29.3 Å². The fourth-order valence-electron chi connectivity index (χ4n) is 2.09. The molecule has 23 heavy (non-hydrogen) atoms. The van der Waals surface area contributed by atoms with Crippen LogP contribution in [0.4, 0.5) is 0 Å². The van der Waals surface area contributed by atoms with Gasteiger partial charge in [0.2, 0.25) is 0 Å². The normalized spacial score (nSPS) is 10.7. The summed E-state index contributed by atoms with van der Waals surface area (Å²) in [5.41, 5.74) is 1.31. The summed E-state index contributed by atoms with van der Waals surface area (Å²) < 4.78 is 1.80. The van der Waals surface area contributed by atoms with Crippen molar-refractivity contribution in [3.8, 4) is 10.6 Å². The van der Waals surface area contributed by atoms with Crippen LogP contribution in [0.15, 0.2) is 48.0 Å². The van der Waals surface area contributed by atoms with Gasteiger partial charge in [0.15, 0.2) is 0 Å². The highest BCUT2D eigenvalue weighted by Gasteiger charge is 2.10. The first kappa shape index (κ1) is 16.1. The Kier molecular flexibility index (Phi) is 5.00. The zero-order valence-electron chi connectivity index (χ0n) is 12.0. The van der Waals surface area contributed by atoms with Gasteiger partial charge in [0.1, 0.15) is 5.69 Å². The fourth-order valence-corrected chi connectivity index (χ4v) is 3.16. The highest BCUT2D eigenvalue weighted by molar-refractivity contribution is 7.13. The number of halogens is 2. The van der Waals surface area contributed by atoms with Crippen LogP contribution in [0.2, 0.25) is 10.0 Å². The Morgan fingerprint density at radius 2 is 2.13 bits per heavy atom. The number of hydrogen-bond donors (Lipinski definition) is 1. The molecule has 0 spiro atoms. The molecule has 0 atom stereocenters. The average molecular weight is 366 g/mol. The molecule has 0 aliphatic carbocycles. The SMILES string of the molecule is O=C(NCCn1ccc(-c2cccs2)n1)c1cc(Cl)ccc1Cl. The van der Waals surface area contributed by atoms with Crippen LogP contribution in [-0.2, 0) is 6.54 Å². The number of carbonyl (C=O) groups is 1. The van der Waals surface area contributed by atoms with Crippen molar-refractivity contribution in [2.75, 3.05) is 6.54 Å². The topological polar surface area (TPSA) is 46.9 Å². The first-order valence-electron chi connectivity index (χ1n) is 6.94. The molecule has 1 aromatic carbocycles. The van der Waals surface area contributed by atoms with E-state index < -0.39 is 0 Å². The number of carbonyl (C=O) groups excluding carboxylic acids is 1. The van der Waals surface area contributed by atoms with Crippen molar-refractivity contribution in [1.82, 2.24) is 15.1 Å². The predicted octanol–water partition coefficient (Wildman–Crippen LogP) is 4.35. The van der Waals surface area contributed by atoms with Crippen LogP contribution in [0, 0.1) is 0 Å². The predicted molar refractivity (Wildman–Crippen MR) is 94.3 cm³/mol. The van der Waals surface area contributed by atoms with Crippen molar-refractivity contribution in [1.29, 1.82) is 0 Å². The summed E-state index contributed by atoms with van der Waals surface area (Å²) in [5, 5.41) is 10.2. The molecular formula is C16H13Cl2N3OS. The Morgan fingerprint density at radius 3 is 2.91 bits per heavy atom. The lowest BCUT2D eigenvalue weighted by atomic mass is 10.2. The molecule has 1 N–H and O–H groups in total. The van der Waals surface area contributed by atoms with Crippen LogP contribution in [0.25, 0.3) is 10.6 Å². The summed E-state index contributed by atoms with van der Waals surface area (Å²) in [7, 11) is 0. The van der Waals surface area contributed by atoms with Crippen molar-refractivity contribution in [3.63, 3.8) is 0 Å². The van der Waals surface area contributed by atoms with E-state index in [1.807, 2.05) is 29.8 Å². The second-order valence-corrected chi connectivity index (χ2v) is 6.61. The summed E-state index contributed by atoms with van der Waals surface area (Å²) in [5.74, 6) is -0.247. The molecule has 1 amide bonds. The second-order valence-electron chi connectivity index (χ2n) is 4.82. The molecule has 0 aliphatic heterocycles. The van der Waals surface area contributed by atoms with Crippen molar-refractivity contribution in [2.24, 2.45) is 0 Å². The van der Waals surface area contributed by atoms with E-state index in [2.05, 4.69) is 10.4 Å². The van der Waals surface area contributed by atoms with Gasteiger partial charge in [-0.2, -0.15) is 5.10 Å². The summed E-state index contributed by atoms with van der Waals surface area (Å²) in [6, 6.07) is 10.8. The van der Waals surface area contributed by atoms with Gasteiger partial charge >= 0.3 is 0 Å². The highest BCUT2D eigenvalue weighted by Crippen LogP contribution is 2.22. The molecule has 7 heteroatoms.